The average molecular weight is 691 g/mol. The lowest BCUT2D eigenvalue weighted by Crippen LogP contribution is -2.02. The van der Waals surface area contributed by atoms with E-state index in [4.69, 9.17) is 0 Å². The van der Waals surface area contributed by atoms with E-state index in [1.807, 2.05) is 0 Å². The fraction of sp³-hybridized carbons (Fsp3) is 0.0769. The second kappa shape index (κ2) is 12.5. The lowest BCUT2D eigenvalue weighted by Gasteiger charge is -2.17. The molecule has 256 valence electrons. The summed E-state index contributed by atoms with van der Waals surface area (Å²) in [6.07, 6.45) is 8.62. The average Bonchev–Trinajstić information content (AvgIpc) is 3.75. The maximum Gasteiger partial charge on any atom is 0.0541 e. The third-order valence-corrected chi connectivity index (χ3v) is 11.7. The number of aryl methyl sites for hydroxylation is 1. The van der Waals surface area contributed by atoms with Gasteiger partial charge < -0.3 is 9.13 Å². The topological polar surface area (TPSA) is 9.86 Å². The van der Waals surface area contributed by atoms with Crippen molar-refractivity contribution < 1.29 is 0 Å². The predicted molar refractivity (Wildman–Crippen MR) is 228 cm³/mol. The molecule has 0 saturated heterocycles. The van der Waals surface area contributed by atoms with Crippen molar-refractivity contribution in [3.63, 3.8) is 0 Å². The van der Waals surface area contributed by atoms with Crippen molar-refractivity contribution in [1.29, 1.82) is 0 Å². The molecular weight excluding hydrogens is 653 g/mol. The molecule has 2 heteroatoms. The summed E-state index contributed by atoms with van der Waals surface area (Å²) in [5, 5.41) is 9.15. The maximum atomic E-state index is 2.49. The first-order chi connectivity index (χ1) is 26.8. The minimum Gasteiger partial charge on any atom is -0.309 e. The number of rotatable bonds is 6. The van der Waals surface area contributed by atoms with E-state index in [1.165, 1.54) is 99.1 Å². The zero-order chi connectivity index (χ0) is 35.6. The first-order valence-electron chi connectivity index (χ1n) is 19.2. The Hall–Kier alpha value is -6.64. The molecule has 8 aromatic carbocycles. The first-order valence-corrected chi connectivity index (χ1v) is 19.2. The van der Waals surface area contributed by atoms with E-state index < -0.39 is 0 Å². The third-order valence-electron chi connectivity index (χ3n) is 11.7. The molecule has 11 rings (SSSR count). The Labute approximate surface area is 314 Å². The van der Waals surface area contributed by atoms with Crippen LogP contribution in [0.3, 0.4) is 0 Å². The van der Waals surface area contributed by atoms with Crippen LogP contribution in [-0.2, 0) is 19.3 Å². The van der Waals surface area contributed by atoms with E-state index in [9.17, 15) is 0 Å². The summed E-state index contributed by atoms with van der Waals surface area (Å²) in [5.74, 6) is 0. The Bertz CT molecular complexity index is 3040. The molecular formula is C52H38N2. The first kappa shape index (κ1) is 30.9. The molecule has 1 aliphatic carbocycles. The molecule has 0 amide bonds. The molecule has 1 aliphatic rings. The highest BCUT2D eigenvalue weighted by Gasteiger charge is 2.20. The monoisotopic (exact) mass is 690 g/mol. The summed E-state index contributed by atoms with van der Waals surface area (Å²) in [6, 6.07) is 62.9. The van der Waals surface area contributed by atoms with Gasteiger partial charge in [-0.2, -0.15) is 0 Å². The van der Waals surface area contributed by atoms with E-state index >= 15 is 0 Å². The summed E-state index contributed by atoms with van der Waals surface area (Å²) >= 11 is 0. The highest BCUT2D eigenvalue weighted by molar-refractivity contribution is 6.10. The number of allylic oxidation sites excluding steroid dienone is 1. The van der Waals surface area contributed by atoms with Gasteiger partial charge in [-0.25, -0.2) is 0 Å². The van der Waals surface area contributed by atoms with Crippen molar-refractivity contribution in [1.82, 2.24) is 9.13 Å². The van der Waals surface area contributed by atoms with Crippen LogP contribution in [-0.4, -0.2) is 9.13 Å². The van der Waals surface area contributed by atoms with Gasteiger partial charge >= 0.3 is 0 Å². The van der Waals surface area contributed by atoms with Gasteiger partial charge in [0.05, 0.1) is 27.9 Å². The Kier molecular flexibility index (Phi) is 7.16. The van der Waals surface area contributed by atoms with E-state index in [1.54, 1.807) is 0 Å². The van der Waals surface area contributed by atoms with Crippen molar-refractivity contribution in [3.8, 4) is 11.4 Å². The lowest BCUT2D eigenvalue weighted by molar-refractivity contribution is 0.969. The summed E-state index contributed by atoms with van der Waals surface area (Å²) in [4.78, 5) is 0. The smallest absolute Gasteiger partial charge is 0.0541 e. The molecule has 0 atom stereocenters. The number of hydrogen-bond donors (Lipinski definition) is 0. The van der Waals surface area contributed by atoms with Gasteiger partial charge in [-0.3, -0.25) is 0 Å². The Morgan fingerprint density at radius 1 is 0.370 bits per heavy atom. The number of fused-ring (bicyclic) bond motifs is 8. The van der Waals surface area contributed by atoms with Gasteiger partial charge in [0.15, 0.2) is 0 Å². The molecule has 10 aromatic rings. The largest absolute Gasteiger partial charge is 0.309 e. The quantitative estimate of drug-likeness (QED) is 0.164. The second-order valence-electron chi connectivity index (χ2n) is 14.8. The molecule has 2 nitrogen and oxygen atoms in total. The zero-order valence-electron chi connectivity index (χ0n) is 30.0. The normalized spacial score (nSPS) is 12.7. The molecule has 2 heterocycles. The summed E-state index contributed by atoms with van der Waals surface area (Å²) in [5.41, 5.74) is 14.4. The number of nitrogens with zero attached hydrogens (tertiary/aromatic N) is 2. The highest BCUT2D eigenvalue weighted by Crippen LogP contribution is 2.38. The Balaban J connectivity index is 0.920. The Morgan fingerprint density at radius 2 is 0.796 bits per heavy atom. The second-order valence-corrected chi connectivity index (χ2v) is 14.8. The fourth-order valence-electron chi connectivity index (χ4n) is 9.23. The van der Waals surface area contributed by atoms with Crippen molar-refractivity contribution in [2.45, 2.75) is 25.7 Å². The van der Waals surface area contributed by atoms with Crippen LogP contribution in [0.5, 0.6) is 0 Å². The molecule has 0 saturated carbocycles. The minimum absolute atomic E-state index is 0.884. The molecule has 54 heavy (non-hydrogen) atoms. The fourth-order valence-corrected chi connectivity index (χ4v) is 9.23. The van der Waals surface area contributed by atoms with Crippen LogP contribution in [0.4, 0.5) is 0 Å². The van der Waals surface area contributed by atoms with Crippen molar-refractivity contribution in [3.05, 3.63) is 209 Å². The van der Waals surface area contributed by atoms with Crippen molar-refractivity contribution in [2.24, 2.45) is 0 Å². The molecule has 0 unspecified atom stereocenters. The van der Waals surface area contributed by atoms with E-state index in [-0.39, 0.29) is 0 Å². The number of aromatic nitrogens is 2. The Morgan fingerprint density at radius 3 is 1.33 bits per heavy atom. The number of benzene rings is 8. The molecule has 0 N–H and O–H groups in total. The third kappa shape index (κ3) is 4.87. The van der Waals surface area contributed by atoms with Crippen LogP contribution in [0.2, 0.25) is 0 Å². The number of hydrogen-bond acceptors (Lipinski definition) is 0. The van der Waals surface area contributed by atoms with E-state index in [0.717, 1.165) is 25.7 Å². The molecule has 0 fully saturated rings. The van der Waals surface area contributed by atoms with Gasteiger partial charge in [0.25, 0.3) is 0 Å². The van der Waals surface area contributed by atoms with Crippen LogP contribution in [0.15, 0.2) is 176 Å². The molecule has 0 bridgehead atoms. The van der Waals surface area contributed by atoms with Crippen LogP contribution in [0.25, 0.3) is 71.7 Å². The lowest BCUT2D eigenvalue weighted by atomic mass is 9.94. The molecule has 0 radical (unpaired) electrons. The van der Waals surface area contributed by atoms with Gasteiger partial charge in [0.1, 0.15) is 0 Å². The van der Waals surface area contributed by atoms with Gasteiger partial charge in [0.2, 0.25) is 0 Å². The van der Waals surface area contributed by atoms with Gasteiger partial charge in [-0.05, 0) is 101 Å². The van der Waals surface area contributed by atoms with Crippen LogP contribution < -0.4 is 0 Å². The molecule has 2 aromatic heterocycles. The van der Waals surface area contributed by atoms with E-state index in [2.05, 4.69) is 191 Å². The van der Waals surface area contributed by atoms with Gasteiger partial charge in [-0.1, -0.05) is 146 Å². The number of para-hydroxylation sites is 3. The van der Waals surface area contributed by atoms with Crippen molar-refractivity contribution >= 4 is 60.3 Å². The van der Waals surface area contributed by atoms with Crippen molar-refractivity contribution in [2.75, 3.05) is 0 Å². The highest BCUT2D eigenvalue weighted by atomic mass is 15.0. The molecule has 0 aliphatic heterocycles. The standard InChI is InChI=1S/C52H38N2/c1-3-15-41-39(13-1)37(29-31-51(41)53-47-21-9-5-17-43(47)44-18-6-10-22-48(44)53)33-35-25-27-36(28-26-35)34-38-30-32-52(42-16-4-2-14-40(38)42)54-49-23-11-7-19-45(49)46-20-8-12-24-50(46)54/h1-7,9-19,21-32H,8,20,33-34H2. The van der Waals surface area contributed by atoms with Crippen LogP contribution in [0, 0.1) is 0 Å². The minimum atomic E-state index is 0.884. The zero-order valence-corrected chi connectivity index (χ0v) is 30.0. The van der Waals surface area contributed by atoms with E-state index in [0.29, 0.717) is 0 Å². The van der Waals surface area contributed by atoms with Gasteiger partial charge in [-0.15, -0.1) is 0 Å². The molecule has 0 spiro atoms. The summed E-state index contributed by atoms with van der Waals surface area (Å²) < 4.78 is 4.92. The summed E-state index contributed by atoms with van der Waals surface area (Å²) in [6.45, 7) is 0. The predicted octanol–water partition coefficient (Wildman–Crippen LogP) is 13.2. The SMILES string of the molecule is C1=Cc2c(c3ccccc3n2-c2ccc(Cc3ccc(Cc4ccc(-n5c6ccccc6c6ccccc65)c5ccccc45)cc3)c3ccccc23)CC1. The maximum absolute atomic E-state index is 2.49. The summed E-state index contributed by atoms with van der Waals surface area (Å²) in [7, 11) is 0. The van der Waals surface area contributed by atoms with Crippen LogP contribution in [0.1, 0.15) is 39.9 Å². The van der Waals surface area contributed by atoms with Crippen LogP contribution >= 0.6 is 0 Å². The van der Waals surface area contributed by atoms with Gasteiger partial charge in [0, 0.05) is 32.6 Å².